The first-order valence-electron chi connectivity index (χ1n) is 6.75. The minimum absolute atomic E-state index is 0.253. The SMILES string of the molecule is CCC(N)Cc1cccnc1N1CCCCC1. The van der Waals surface area contributed by atoms with Gasteiger partial charge in [-0.05, 0) is 43.7 Å². The average molecular weight is 233 g/mol. The summed E-state index contributed by atoms with van der Waals surface area (Å²) in [6, 6.07) is 4.44. The predicted octanol–water partition coefficient (Wildman–Crippen LogP) is 2.35. The predicted molar refractivity (Wildman–Crippen MR) is 72.3 cm³/mol. The third-order valence-electron chi connectivity index (χ3n) is 3.53. The number of hydrogen-bond acceptors (Lipinski definition) is 3. The maximum atomic E-state index is 6.06. The van der Waals surface area contributed by atoms with Gasteiger partial charge in [-0.25, -0.2) is 4.98 Å². The molecule has 1 aliphatic rings. The van der Waals surface area contributed by atoms with Crippen LogP contribution < -0.4 is 10.6 Å². The normalized spacial score (nSPS) is 18.1. The maximum absolute atomic E-state index is 6.06. The van der Waals surface area contributed by atoms with E-state index in [9.17, 15) is 0 Å². The zero-order chi connectivity index (χ0) is 12.1. The summed E-state index contributed by atoms with van der Waals surface area (Å²) in [4.78, 5) is 6.98. The number of piperidine rings is 1. The van der Waals surface area contributed by atoms with E-state index >= 15 is 0 Å². The minimum Gasteiger partial charge on any atom is -0.356 e. The van der Waals surface area contributed by atoms with Gasteiger partial charge in [-0.2, -0.15) is 0 Å². The number of hydrogen-bond donors (Lipinski definition) is 1. The van der Waals surface area contributed by atoms with Gasteiger partial charge in [-0.15, -0.1) is 0 Å². The van der Waals surface area contributed by atoms with E-state index in [4.69, 9.17) is 5.73 Å². The fraction of sp³-hybridized carbons (Fsp3) is 0.643. The van der Waals surface area contributed by atoms with Crippen molar-refractivity contribution in [2.24, 2.45) is 5.73 Å². The summed E-state index contributed by atoms with van der Waals surface area (Å²) in [7, 11) is 0. The molecular weight excluding hydrogens is 210 g/mol. The van der Waals surface area contributed by atoms with Crippen molar-refractivity contribution >= 4 is 5.82 Å². The molecular formula is C14H23N3. The molecule has 0 aromatic carbocycles. The smallest absolute Gasteiger partial charge is 0.131 e. The van der Waals surface area contributed by atoms with Crippen molar-refractivity contribution in [1.29, 1.82) is 0 Å². The van der Waals surface area contributed by atoms with Gasteiger partial charge in [0.25, 0.3) is 0 Å². The van der Waals surface area contributed by atoms with Gasteiger partial charge in [0.1, 0.15) is 5.82 Å². The molecule has 2 rings (SSSR count). The van der Waals surface area contributed by atoms with Crippen molar-refractivity contribution in [2.75, 3.05) is 18.0 Å². The van der Waals surface area contributed by atoms with Crippen molar-refractivity contribution in [3.63, 3.8) is 0 Å². The van der Waals surface area contributed by atoms with Gasteiger partial charge in [0.15, 0.2) is 0 Å². The molecule has 17 heavy (non-hydrogen) atoms. The Morgan fingerprint density at radius 3 is 2.82 bits per heavy atom. The summed E-state index contributed by atoms with van der Waals surface area (Å²) < 4.78 is 0. The number of rotatable bonds is 4. The van der Waals surface area contributed by atoms with Crippen molar-refractivity contribution in [1.82, 2.24) is 4.98 Å². The topological polar surface area (TPSA) is 42.1 Å². The lowest BCUT2D eigenvalue weighted by Crippen LogP contribution is -2.32. The molecule has 94 valence electrons. The van der Waals surface area contributed by atoms with Crippen LogP contribution in [0.3, 0.4) is 0 Å². The first kappa shape index (κ1) is 12.4. The number of pyridine rings is 1. The van der Waals surface area contributed by atoms with Gasteiger partial charge >= 0.3 is 0 Å². The summed E-state index contributed by atoms with van der Waals surface area (Å²) >= 11 is 0. The Hall–Kier alpha value is -1.09. The second-order valence-electron chi connectivity index (χ2n) is 4.91. The van der Waals surface area contributed by atoms with Crippen LogP contribution in [0.2, 0.25) is 0 Å². The highest BCUT2D eigenvalue weighted by molar-refractivity contribution is 5.47. The van der Waals surface area contributed by atoms with Crippen LogP contribution in [0, 0.1) is 0 Å². The number of nitrogens with two attached hydrogens (primary N) is 1. The van der Waals surface area contributed by atoms with Crippen LogP contribution in [0.25, 0.3) is 0 Å². The molecule has 0 saturated carbocycles. The number of nitrogens with zero attached hydrogens (tertiary/aromatic N) is 2. The zero-order valence-corrected chi connectivity index (χ0v) is 10.7. The molecule has 3 heteroatoms. The molecule has 1 aromatic heterocycles. The summed E-state index contributed by atoms with van der Waals surface area (Å²) in [5, 5.41) is 0. The fourth-order valence-corrected chi connectivity index (χ4v) is 2.41. The molecule has 1 aliphatic heterocycles. The van der Waals surface area contributed by atoms with E-state index in [-0.39, 0.29) is 6.04 Å². The van der Waals surface area contributed by atoms with Crippen LogP contribution >= 0.6 is 0 Å². The van der Waals surface area contributed by atoms with Gasteiger partial charge in [-0.1, -0.05) is 13.0 Å². The van der Waals surface area contributed by atoms with Crippen LogP contribution in [0.1, 0.15) is 38.2 Å². The van der Waals surface area contributed by atoms with E-state index < -0.39 is 0 Å². The molecule has 2 heterocycles. The molecule has 3 nitrogen and oxygen atoms in total. The van der Waals surface area contributed by atoms with Gasteiger partial charge in [-0.3, -0.25) is 0 Å². The van der Waals surface area contributed by atoms with Crippen molar-refractivity contribution in [2.45, 2.75) is 45.1 Å². The molecule has 1 fully saturated rings. The highest BCUT2D eigenvalue weighted by atomic mass is 15.2. The highest BCUT2D eigenvalue weighted by Crippen LogP contribution is 2.22. The first-order chi connectivity index (χ1) is 8.31. The molecule has 0 bridgehead atoms. The minimum atomic E-state index is 0.253. The first-order valence-corrected chi connectivity index (χ1v) is 6.75. The third-order valence-corrected chi connectivity index (χ3v) is 3.53. The lowest BCUT2D eigenvalue weighted by molar-refractivity contribution is 0.568. The Balaban J connectivity index is 2.14. The molecule has 1 atom stereocenters. The highest BCUT2D eigenvalue weighted by Gasteiger charge is 2.16. The quantitative estimate of drug-likeness (QED) is 0.868. The Morgan fingerprint density at radius 1 is 1.35 bits per heavy atom. The second kappa shape index (κ2) is 6.01. The van der Waals surface area contributed by atoms with E-state index in [2.05, 4.69) is 22.9 Å². The van der Waals surface area contributed by atoms with Crippen LogP contribution in [-0.2, 0) is 6.42 Å². The van der Waals surface area contributed by atoms with Gasteiger partial charge < -0.3 is 10.6 Å². The average Bonchev–Trinajstić information content (AvgIpc) is 2.40. The number of anilines is 1. The van der Waals surface area contributed by atoms with Crippen LogP contribution in [0.15, 0.2) is 18.3 Å². The molecule has 2 N–H and O–H groups in total. The van der Waals surface area contributed by atoms with Crippen molar-refractivity contribution in [3.8, 4) is 0 Å². The summed E-state index contributed by atoms with van der Waals surface area (Å²) in [5.74, 6) is 1.16. The molecule has 0 spiro atoms. The van der Waals surface area contributed by atoms with Gasteiger partial charge in [0.05, 0.1) is 0 Å². The van der Waals surface area contributed by atoms with E-state index in [1.54, 1.807) is 0 Å². The molecule has 1 unspecified atom stereocenters. The summed E-state index contributed by atoms with van der Waals surface area (Å²) in [5.41, 5.74) is 7.37. The van der Waals surface area contributed by atoms with Crippen molar-refractivity contribution in [3.05, 3.63) is 23.9 Å². The van der Waals surface area contributed by atoms with E-state index in [0.29, 0.717) is 0 Å². The fourth-order valence-electron chi connectivity index (χ4n) is 2.41. The van der Waals surface area contributed by atoms with Crippen molar-refractivity contribution < 1.29 is 0 Å². The molecule has 0 aliphatic carbocycles. The lowest BCUT2D eigenvalue weighted by atomic mass is 10.0. The van der Waals surface area contributed by atoms with Gasteiger partial charge in [0, 0.05) is 25.3 Å². The Labute approximate surface area is 104 Å². The summed E-state index contributed by atoms with van der Waals surface area (Å²) in [6.07, 6.45) is 7.79. The molecule has 1 aromatic rings. The zero-order valence-electron chi connectivity index (χ0n) is 10.7. The Bertz CT molecular complexity index is 345. The number of aromatic nitrogens is 1. The largest absolute Gasteiger partial charge is 0.356 e. The molecule has 0 amide bonds. The van der Waals surface area contributed by atoms with Crippen LogP contribution in [0.4, 0.5) is 5.82 Å². The molecule has 0 radical (unpaired) electrons. The van der Waals surface area contributed by atoms with E-state index in [0.717, 1.165) is 31.7 Å². The molecule has 1 saturated heterocycles. The summed E-state index contributed by atoms with van der Waals surface area (Å²) in [6.45, 7) is 4.43. The Morgan fingerprint density at radius 2 is 2.12 bits per heavy atom. The van der Waals surface area contributed by atoms with E-state index in [1.807, 2.05) is 12.3 Å². The second-order valence-corrected chi connectivity index (χ2v) is 4.91. The van der Waals surface area contributed by atoms with Crippen LogP contribution in [-0.4, -0.2) is 24.1 Å². The lowest BCUT2D eigenvalue weighted by Gasteiger charge is -2.29. The monoisotopic (exact) mass is 233 g/mol. The maximum Gasteiger partial charge on any atom is 0.131 e. The Kier molecular flexibility index (Phi) is 4.37. The van der Waals surface area contributed by atoms with E-state index in [1.165, 1.54) is 24.8 Å². The van der Waals surface area contributed by atoms with Crippen LogP contribution in [0.5, 0.6) is 0 Å². The standard InChI is InChI=1S/C14H23N3/c1-2-13(15)11-12-7-6-8-16-14(12)17-9-4-3-5-10-17/h6-8,13H,2-5,9-11,15H2,1H3. The third kappa shape index (κ3) is 3.19. The van der Waals surface area contributed by atoms with Gasteiger partial charge in [0.2, 0.25) is 0 Å².